The summed E-state index contributed by atoms with van der Waals surface area (Å²) < 4.78 is -0.949. The normalized spacial score (nSPS) is 12.8. The van der Waals surface area contributed by atoms with Crippen molar-refractivity contribution in [3.8, 4) is 0 Å². The van der Waals surface area contributed by atoms with Gasteiger partial charge in [0.1, 0.15) is 4.75 Å². The van der Waals surface area contributed by atoms with E-state index in [2.05, 4.69) is 5.32 Å². The summed E-state index contributed by atoms with van der Waals surface area (Å²) in [5.74, 6) is -0.966. The van der Waals surface area contributed by atoms with Crippen LogP contribution in [0.5, 0.6) is 0 Å². The third kappa shape index (κ3) is 5.08. The van der Waals surface area contributed by atoms with Crippen molar-refractivity contribution >= 4 is 29.3 Å². The molecule has 116 valence electrons. The molecule has 0 spiro atoms. The summed E-state index contributed by atoms with van der Waals surface area (Å²) in [6, 6.07) is 7.30. The Morgan fingerprint density at radius 1 is 1.33 bits per heavy atom. The van der Waals surface area contributed by atoms with E-state index < -0.39 is 10.7 Å². The number of aliphatic carboxylic acids is 1. The number of rotatable bonds is 7. The van der Waals surface area contributed by atoms with E-state index >= 15 is 0 Å². The lowest BCUT2D eigenvalue weighted by Gasteiger charge is -2.21. The van der Waals surface area contributed by atoms with Gasteiger partial charge in [-0.15, -0.1) is 11.8 Å². The van der Waals surface area contributed by atoms with Gasteiger partial charge in [0.25, 0.3) is 0 Å². The van der Waals surface area contributed by atoms with Crippen molar-refractivity contribution in [3.05, 3.63) is 24.3 Å². The largest absolute Gasteiger partial charge is 0.480 e. The highest BCUT2D eigenvalue weighted by Gasteiger charge is 2.29. The Morgan fingerprint density at radius 2 is 1.95 bits per heavy atom. The molecule has 4 nitrogen and oxygen atoms in total. The number of carbonyl (C=O) groups excluding carboxylic acids is 1. The highest BCUT2D eigenvalue weighted by atomic mass is 32.2. The highest BCUT2D eigenvalue weighted by Crippen LogP contribution is 2.37. The summed E-state index contributed by atoms with van der Waals surface area (Å²) in [6.45, 7) is 7.25. The molecule has 0 aliphatic rings. The SMILES string of the molecule is CCCC(C)C(=O)Nc1ccccc1SC(C)(C)C(=O)O. The lowest BCUT2D eigenvalue weighted by Crippen LogP contribution is -2.27. The summed E-state index contributed by atoms with van der Waals surface area (Å²) in [5, 5.41) is 12.1. The zero-order valence-corrected chi connectivity index (χ0v) is 13.8. The third-order valence-electron chi connectivity index (χ3n) is 3.19. The third-order valence-corrected chi connectivity index (χ3v) is 4.46. The number of amides is 1. The smallest absolute Gasteiger partial charge is 0.319 e. The molecule has 0 aromatic heterocycles. The fourth-order valence-corrected chi connectivity index (χ4v) is 2.81. The zero-order chi connectivity index (χ0) is 16.0. The predicted molar refractivity (Wildman–Crippen MR) is 86.7 cm³/mol. The Kier molecular flexibility index (Phi) is 6.27. The maximum absolute atomic E-state index is 12.1. The predicted octanol–water partition coefficient (Wildman–Crippen LogP) is 4.02. The molecule has 0 aliphatic heterocycles. The van der Waals surface area contributed by atoms with Gasteiger partial charge >= 0.3 is 5.97 Å². The molecule has 1 rings (SSSR count). The molecule has 0 aliphatic carbocycles. The summed E-state index contributed by atoms with van der Waals surface area (Å²) >= 11 is 1.23. The molecule has 2 N–H and O–H groups in total. The molecule has 0 saturated heterocycles. The molecule has 0 saturated carbocycles. The number of benzene rings is 1. The van der Waals surface area contributed by atoms with Crippen LogP contribution in [0.3, 0.4) is 0 Å². The van der Waals surface area contributed by atoms with Crippen LogP contribution in [0.4, 0.5) is 5.69 Å². The average molecular weight is 309 g/mol. The summed E-state index contributed by atoms with van der Waals surface area (Å²) in [4.78, 5) is 24.1. The maximum atomic E-state index is 12.1. The molecule has 1 aromatic rings. The molecule has 0 radical (unpaired) electrons. The fourth-order valence-electron chi connectivity index (χ4n) is 1.80. The van der Waals surface area contributed by atoms with Crippen LogP contribution in [0.15, 0.2) is 29.2 Å². The van der Waals surface area contributed by atoms with Crippen LogP contribution in [0, 0.1) is 5.92 Å². The van der Waals surface area contributed by atoms with E-state index in [-0.39, 0.29) is 11.8 Å². The topological polar surface area (TPSA) is 66.4 Å². The van der Waals surface area contributed by atoms with Gasteiger partial charge in [-0.3, -0.25) is 9.59 Å². The Morgan fingerprint density at radius 3 is 2.52 bits per heavy atom. The lowest BCUT2D eigenvalue weighted by molar-refractivity contribution is -0.138. The first kappa shape index (κ1) is 17.6. The molecule has 0 fully saturated rings. The van der Waals surface area contributed by atoms with Gasteiger partial charge in [0, 0.05) is 10.8 Å². The number of nitrogens with one attached hydrogen (secondary N) is 1. The number of hydrogen-bond acceptors (Lipinski definition) is 3. The Labute approximate surface area is 130 Å². The first-order valence-corrected chi connectivity index (χ1v) is 7.92. The summed E-state index contributed by atoms with van der Waals surface area (Å²) in [7, 11) is 0. The summed E-state index contributed by atoms with van der Waals surface area (Å²) in [5.41, 5.74) is 0.671. The van der Waals surface area contributed by atoms with Crippen LogP contribution >= 0.6 is 11.8 Å². The van der Waals surface area contributed by atoms with Crippen molar-refractivity contribution in [2.24, 2.45) is 5.92 Å². The van der Waals surface area contributed by atoms with Crippen molar-refractivity contribution in [2.45, 2.75) is 50.2 Å². The number of anilines is 1. The Bertz CT molecular complexity index is 514. The highest BCUT2D eigenvalue weighted by molar-refractivity contribution is 8.01. The second-order valence-electron chi connectivity index (χ2n) is 5.59. The quantitative estimate of drug-likeness (QED) is 0.747. The number of carboxylic acids is 1. The van der Waals surface area contributed by atoms with E-state index in [0.29, 0.717) is 5.69 Å². The van der Waals surface area contributed by atoms with Crippen LogP contribution in [0.2, 0.25) is 0 Å². The van der Waals surface area contributed by atoms with Crippen LogP contribution in [-0.2, 0) is 9.59 Å². The monoisotopic (exact) mass is 309 g/mol. The molecule has 0 heterocycles. The molecular formula is C16H23NO3S. The minimum absolute atomic E-state index is 0.0296. The minimum Gasteiger partial charge on any atom is -0.480 e. The van der Waals surface area contributed by atoms with Gasteiger partial charge in [0.15, 0.2) is 0 Å². The van der Waals surface area contributed by atoms with Gasteiger partial charge < -0.3 is 10.4 Å². The second-order valence-corrected chi connectivity index (χ2v) is 7.26. The van der Waals surface area contributed by atoms with Crippen molar-refractivity contribution in [1.29, 1.82) is 0 Å². The first-order chi connectivity index (χ1) is 9.77. The minimum atomic E-state index is -0.949. The number of hydrogen-bond donors (Lipinski definition) is 2. The molecule has 0 bridgehead atoms. The van der Waals surface area contributed by atoms with Gasteiger partial charge in [0.05, 0.1) is 5.69 Å². The van der Waals surface area contributed by atoms with Gasteiger partial charge in [-0.1, -0.05) is 32.4 Å². The molecule has 1 atom stereocenters. The molecule has 1 amide bonds. The van der Waals surface area contributed by atoms with Gasteiger partial charge in [-0.05, 0) is 32.4 Å². The van der Waals surface area contributed by atoms with Crippen molar-refractivity contribution in [2.75, 3.05) is 5.32 Å². The van der Waals surface area contributed by atoms with E-state index in [9.17, 15) is 14.7 Å². The number of carbonyl (C=O) groups is 2. The lowest BCUT2D eigenvalue weighted by atomic mass is 10.1. The second kappa shape index (κ2) is 7.50. The molecule has 1 unspecified atom stereocenters. The standard InChI is InChI=1S/C16H23NO3S/c1-5-8-11(2)14(18)17-12-9-6-7-10-13(12)21-16(3,4)15(19)20/h6-7,9-11H,5,8H2,1-4H3,(H,17,18)(H,19,20). The average Bonchev–Trinajstić information content (AvgIpc) is 2.40. The van der Waals surface area contributed by atoms with E-state index in [4.69, 9.17) is 0 Å². The number of carboxylic acid groups (broad SMARTS) is 1. The Hall–Kier alpha value is -1.49. The van der Waals surface area contributed by atoms with Crippen molar-refractivity contribution in [3.63, 3.8) is 0 Å². The van der Waals surface area contributed by atoms with Crippen molar-refractivity contribution < 1.29 is 14.7 Å². The molecule has 5 heteroatoms. The summed E-state index contributed by atoms with van der Waals surface area (Å²) in [6.07, 6.45) is 1.79. The van der Waals surface area contributed by atoms with E-state index in [1.165, 1.54) is 11.8 Å². The van der Waals surface area contributed by atoms with E-state index in [0.717, 1.165) is 17.7 Å². The van der Waals surface area contributed by atoms with Crippen LogP contribution in [0.25, 0.3) is 0 Å². The van der Waals surface area contributed by atoms with E-state index in [1.54, 1.807) is 19.9 Å². The zero-order valence-electron chi connectivity index (χ0n) is 13.0. The molecule has 1 aromatic carbocycles. The Balaban J connectivity index is 2.90. The van der Waals surface area contributed by atoms with Crippen LogP contribution < -0.4 is 5.32 Å². The van der Waals surface area contributed by atoms with Crippen LogP contribution in [-0.4, -0.2) is 21.7 Å². The van der Waals surface area contributed by atoms with Crippen LogP contribution in [0.1, 0.15) is 40.5 Å². The maximum Gasteiger partial charge on any atom is 0.319 e. The van der Waals surface area contributed by atoms with Gasteiger partial charge in [-0.25, -0.2) is 0 Å². The fraction of sp³-hybridized carbons (Fsp3) is 0.500. The van der Waals surface area contributed by atoms with Gasteiger partial charge in [-0.2, -0.15) is 0 Å². The van der Waals surface area contributed by atoms with E-state index in [1.807, 2.05) is 32.0 Å². The number of para-hydroxylation sites is 1. The molecular weight excluding hydrogens is 286 g/mol. The molecule has 21 heavy (non-hydrogen) atoms. The first-order valence-electron chi connectivity index (χ1n) is 7.10. The van der Waals surface area contributed by atoms with Gasteiger partial charge in [0.2, 0.25) is 5.91 Å². The van der Waals surface area contributed by atoms with Crippen molar-refractivity contribution in [1.82, 2.24) is 0 Å². The number of thioether (sulfide) groups is 1.